The molecule has 3 aromatic carbocycles. The topological polar surface area (TPSA) is 77.0 Å². The molecule has 0 aliphatic carbocycles. The lowest BCUT2D eigenvalue weighted by molar-refractivity contribution is 0.262. The van der Waals surface area contributed by atoms with Crippen LogP contribution in [0.15, 0.2) is 78.9 Å². The molecule has 0 atom stereocenters. The van der Waals surface area contributed by atoms with Crippen LogP contribution in [-0.2, 0) is 0 Å². The summed E-state index contributed by atoms with van der Waals surface area (Å²) in [6.07, 6.45) is 1.26. The van der Waals surface area contributed by atoms with E-state index in [-0.39, 0.29) is 6.03 Å². The SMILES string of the molecule is N=Cc1cc(NC(=O)Nc2ccccc2)ccc1Nc1ccccc1. The van der Waals surface area contributed by atoms with Crippen molar-refractivity contribution >= 4 is 35.0 Å². The molecule has 3 rings (SSSR count). The van der Waals surface area contributed by atoms with Crippen LogP contribution in [0, 0.1) is 5.41 Å². The highest BCUT2D eigenvalue weighted by atomic mass is 16.2. The number of urea groups is 1. The van der Waals surface area contributed by atoms with Gasteiger partial charge in [-0.15, -0.1) is 0 Å². The van der Waals surface area contributed by atoms with E-state index in [2.05, 4.69) is 16.0 Å². The minimum atomic E-state index is -0.328. The third-order valence-electron chi connectivity index (χ3n) is 3.55. The van der Waals surface area contributed by atoms with Crippen LogP contribution < -0.4 is 16.0 Å². The molecule has 0 aliphatic rings. The van der Waals surface area contributed by atoms with Crippen LogP contribution in [-0.4, -0.2) is 12.2 Å². The zero-order valence-electron chi connectivity index (χ0n) is 13.5. The van der Waals surface area contributed by atoms with Crippen LogP contribution in [0.4, 0.5) is 27.5 Å². The first kappa shape index (κ1) is 16.3. The summed E-state index contributed by atoms with van der Waals surface area (Å²) in [5.41, 5.74) is 3.75. The quantitative estimate of drug-likeness (QED) is 0.493. The van der Waals surface area contributed by atoms with Crippen molar-refractivity contribution in [3.05, 3.63) is 84.4 Å². The Balaban J connectivity index is 1.70. The van der Waals surface area contributed by atoms with Crippen LogP contribution in [0.1, 0.15) is 5.56 Å². The van der Waals surface area contributed by atoms with Crippen molar-refractivity contribution < 1.29 is 4.79 Å². The van der Waals surface area contributed by atoms with E-state index in [9.17, 15) is 4.79 Å². The molecule has 0 unspecified atom stereocenters. The molecule has 5 heteroatoms. The van der Waals surface area contributed by atoms with E-state index >= 15 is 0 Å². The van der Waals surface area contributed by atoms with E-state index in [1.54, 1.807) is 12.1 Å². The van der Waals surface area contributed by atoms with Gasteiger partial charge in [-0.1, -0.05) is 36.4 Å². The predicted molar refractivity (Wildman–Crippen MR) is 103 cm³/mol. The lowest BCUT2D eigenvalue weighted by atomic mass is 10.1. The number of hydrogen-bond acceptors (Lipinski definition) is 3. The molecule has 0 saturated carbocycles. The summed E-state index contributed by atoms with van der Waals surface area (Å²) >= 11 is 0. The molecule has 5 nitrogen and oxygen atoms in total. The van der Waals surface area contributed by atoms with Crippen LogP contribution >= 0.6 is 0 Å². The van der Waals surface area contributed by atoms with E-state index in [0.717, 1.165) is 17.1 Å². The smallest absolute Gasteiger partial charge is 0.323 e. The van der Waals surface area contributed by atoms with Gasteiger partial charge < -0.3 is 21.4 Å². The largest absolute Gasteiger partial charge is 0.355 e. The normalized spacial score (nSPS) is 9.92. The molecule has 0 spiro atoms. The molecule has 0 bridgehead atoms. The maximum absolute atomic E-state index is 12.1. The zero-order valence-corrected chi connectivity index (χ0v) is 13.5. The first-order valence-corrected chi connectivity index (χ1v) is 7.84. The molecular formula is C20H18N4O. The molecule has 0 aromatic heterocycles. The molecule has 0 fully saturated rings. The first-order valence-electron chi connectivity index (χ1n) is 7.84. The highest BCUT2D eigenvalue weighted by Gasteiger charge is 2.06. The lowest BCUT2D eigenvalue weighted by Gasteiger charge is -2.12. The summed E-state index contributed by atoms with van der Waals surface area (Å²) in [7, 11) is 0. The lowest BCUT2D eigenvalue weighted by Crippen LogP contribution is -2.19. The van der Waals surface area contributed by atoms with E-state index in [4.69, 9.17) is 5.41 Å². The maximum atomic E-state index is 12.1. The summed E-state index contributed by atoms with van der Waals surface area (Å²) in [6.45, 7) is 0. The highest BCUT2D eigenvalue weighted by molar-refractivity contribution is 6.01. The number of anilines is 4. The molecule has 124 valence electrons. The van der Waals surface area contributed by atoms with E-state index in [1.807, 2.05) is 66.7 Å². The Morgan fingerprint density at radius 3 is 2.00 bits per heavy atom. The van der Waals surface area contributed by atoms with Crippen molar-refractivity contribution in [2.45, 2.75) is 0 Å². The Morgan fingerprint density at radius 1 is 0.760 bits per heavy atom. The van der Waals surface area contributed by atoms with Crippen molar-refractivity contribution in [1.82, 2.24) is 0 Å². The maximum Gasteiger partial charge on any atom is 0.323 e. The number of hydrogen-bond donors (Lipinski definition) is 4. The Labute approximate surface area is 146 Å². The van der Waals surface area contributed by atoms with Crippen LogP contribution in [0.25, 0.3) is 0 Å². The van der Waals surface area contributed by atoms with Gasteiger partial charge in [0.05, 0.1) is 0 Å². The van der Waals surface area contributed by atoms with Crippen LogP contribution in [0.3, 0.4) is 0 Å². The Bertz CT molecular complexity index is 863. The van der Waals surface area contributed by atoms with Gasteiger partial charge in [-0.2, -0.15) is 0 Å². The second-order valence-corrected chi connectivity index (χ2v) is 5.38. The predicted octanol–water partition coefficient (Wildman–Crippen LogP) is 5.07. The molecule has 25 heavy (non-hydrogen) atoms. The monoisotopic (exact) mass is 330 g/mol. The molecule has 0 aliphatic heterocycles. The van der Waals surface area contributed by atoms with Gasteiger partial charge in [0.15, 0.2) is 0 Å². The fourth-order valence-electron chi connectivity index (χ4n) is 2.37. The second kappa shape index (κ2) is 7.79. The molecule has 3 aromatic rings. The van der Waals surface area contributed by atoms with Gasteiger partial charge in [0.1, 0.15) is 0 Å². The highest BCUT2D eigenvalue weighted by Crippen LogP contribution is 2.23. The van der Waals surface area contributed by atoms with Gasteiger partial charge in [-0.25, -0.2) is 4.79 Å². The second-order valence-electron chi connectivity index (χ2n) is 5.38. The average molecular weight is 330 g/mol. The third kappa shape index (κ3) is 4.45. The van der Waals surface area contributed by atoms with Crippen molar-refractivity contribution in [2.24, 2.45) is 0 Å². The van der Waals surface area contributed by atoms with Gasteiger partial charge in [0, 0.05) is 34.5 Å². The third-order valence-corrected chi connectivity index (χ3v) is 3.55. The van der Waals surface area contributed by atoms with Gasteiger partial charge >= 0.3 is 6.03 Å². The van der Waals surface area contributed by atoms with Crippen molar-refractivity contribution in [2.75, 3.05) is 16.0 Å². The fraction of sp³-hybridized carbons (Fsp3) is 0. The zero-order chi connectivity index (χ0) is 17.5. The Kier molecular flexibility index (Phi) is 5.07. The summed E-state index contributed by atoms with van der Waals surface area (Å²) in [4.78, 5) is 12.1. The molecule has 0 saturated heterocycles. The number of amides is 2. The number of carbonyl (C=O) groups excluding carboxylic acids is 1. The molecule has 0 heterocycles. The minimum Gasteiger partial charge on any atom is -0.355 e. The summed E-state index contributed by atoms with van der Waals surface area (Å²) < 4.78 is 0. The van der Waals surface area contributed by atoms with E-state index < -0.39 is 0 Å². The van der Waals surface area contributed by atoms with E-state index in [0.29, 0.717) is 11.3 Å². The van der Waals surface area contributed by atoms with Crippen molar-refractivity contribution in [3.63, 3.8) is 0 Å². The van der Waals surface area contributed by atoms with Crippen LogP contribution in [0.5, 0.6) is 0 Å². The summed E-state index contributed by atoms with van der Waals surface area (Å²) in [5.74, 6) is 0. The molecule has 2 amide bonds. The molecule has 0 radical (unpaired) electrons. The average Bonchev–Trinajstić information content (AvgIpc) is 2.64. The Hall–Kier alpha value is -3.60. The number of rotatable bonds is 5. The summed E-state index contributed by atoms with van der Waals surface area (Å²) in [5, 5.41) is 16.4. The van der Waals surface area contributed by atoms with Crippen molar-refractivity contribution in [1.29, 1.82) is 5.41 Å². The van der Waals surface area contributed by atoms with Gasteiger partial charge in [0.2, 0.25) is 0 Å². The molecule has 4 N–H and O–H groups in total. The standard InChI is InChI=1S/C20H18N4O/c21-14-15-13-18(24-20(25)23-17-9-5-2-6-10-17)11-12-19(15)22-16-7-3-1-4-8-16/h1-14,21-22H,(H2,23,24,25). The minimum absolute atomic E-state index is 0.328. The Morgan fingerprint density at radius 2 is 1.36 bits per heavy atom. The van der Waals surface area contributed by atoms with Crippen molar-refractivity contribution in [3.8, 4) is 0 Å². The number of nitrogens with one attached hydrogen (secondary N) is 4. The first-order chi connectivity index (χ1) is 12.2. The summed E-state index contributed by atoms with van der Waals surface area (Å²) in [6, 6.07) is 24.0. The van der Waals surface area contributed by atoms with Gasteiger partial charge in [-0.05, 0) is 42.5 Å². The number of para-hydroxylation sites is 2. The van der Waals surface area contributed by atoms with E-state index in [1.165, 1.54) is 6.21 Å². The van der Waals surface area contributed by atoms with Crippen LogP contribution in [0.2, 0.25) is 0 Å². The number of carbonyl (C=O) groups is 1. The molecular weight excluding hydrogens is 312 g/mol. The fourth-order valence-corrected chi connectivity index (χ4v) is 2.37. The van der Waals surface area contributed by atoms with Gasteiger partial charge in [0.25, 0.3) is 0 Å². The number of benzene rings is 3. The van der Waals surface area contributed by atoms with Gasteiger partial charge in [-0.3, -0.25) is 0 Å².